The minimum absolute atomic E-state index is 0.105. The number of carboxylic acids is 1. The van der Waals surface area contributed by atoms with E-state index in [4.69, 9.17) is 5.11 Å². The Morgan fingerprint density at radius 2 is 2.06 bits per heavy atom. The number of hydrogen-bond acceptors (Lipinski definition) is 4. The molecule has 6 nitrogen and oxygen atoms in total. The molecular weight excluding hydrogens is 234 g/mol. The quantitative estimate of drug-likeness (QED) is 0.682. The Balaban J connectivity index is 3.13. The maximum Gasteiger partial charge on any atom is 0.335 e. The fourth-order valence-corrected chi connectivity index (χ4v) is 1.63. The lowest BCUT2D eigenvalue weighted by molar-refractivity contribution is 0.0697. The van der Waals surface area contributed by atoms with Gasteiger partial charge in [0.2, 0.25) is 10.0 Å². The molecular formula is C9H11NO5S. The number of sulfonamides is 1. The number of hydrogen-bond donors (Lipinski definition) is 3. The Bertz CT molecular complexity index is 509. The summed E-state index contributed by atoms with van der Waals surface area (Å²) in [4.78, 5) is 10.6. The zero-order chi connectivity index (χ0) is 12.3. The normalized spacial score (nSPS) is 11.1. The largest absolute Gasteiger partial charge is 0.506 e. The Hall–Kier alpha value is -1.76. The molecule has 0 spiro atoms. The molecule has 0 aliphatic carbocycles. The van der Waals surface area contributed by atoms with Crippen LogP contribution in [0.15, 0.2) is 18.2 Å². The molecule has 3 N–H and O–H groups in total. The molecule has 0 saturated carbocycles. The fourth-order valence-electron chi connectivity index (χ4n) is 0.991. The maximum atomic E-state index is 11.2. The number of benzene rings is 1. The molecule has 0 saturated heterocycles. The first-order chi connectivity index (χ1) is 7.35. The highest BCUT2D eigenvalue weighted by molar-refractivity contribution is 7.92. The van der Waals surface area contributed by atoms with Gasteiger partial charge in [-0.25, -0.2) is 13.2 Å². The second-order valence-electron chi connectivity index (χ2n) is 3.04. The molecule has 0 atom stereocenters. The van der Waals surface area contributed by atoms with Gasteiger partial charge in [0, 0.05) is 0 Å². The lowest BCUT2D eigenvalue weighted by Crippen LogP contribution is -2.15. The second kappa shape index (κ2) is 4.40. The van der Waals surface area contributed by atoms with Crippen LogP contribution in [0.25, 0.3) is 0 Å². The van der Waals surface area contributed by atoms with E-state index in [0.717, 1.165) is 12.1 Å². The molecule has 0 aliphatic heterocycles. The predicted molar refractivity (Wildman–Crippen MR) is 58.1 cm³/mol. The summed E-state index contributed by atoms with van der Waals surface area (Å²) in [5, 5.41) is 18.1. The molecule has 0 bridgehead atoms. The number of carboxylic acid groups (broad SMARTS) is 1. The van der Waals surface area contributed by atoms with E-state index in [-0.39, 0.29) is 22.8 Å². The summed E-state index contributed by atoms with van der Waals surface area (Å²) in [7, 11) is -3.54. The van der Waals surface area contributed by atoms with E-state index in [2.05, 4.69) is 4.72 Å². The van der Waals surface area contributed by atoms with E-state index < -0.39 is 16.0 Å². The first-order valence-corrected chi connectivity index (χ1v) is 6.07. The summed E-state index contributed by atoms with van der Waals surface area (Å²) < 4.78 is 24.6. The Morgan fingerprint density at radius 3 is 2.56 bits per heavy atom. The second-order valence-corrected chi connectivity index (χ2v) is 5.05. The van der Waals surface area contributed by atoms with E-state index >= 15 is 0 Å². The van der Waals surface area contributed by atoms with Crippen molar-refractivity contribution < 1.29 is 23.4 Å². The van der Waals surface area contributed by atoms with Crippen molar-refractivity contribution in [3.05, 3.63) is 23.8 Å². The molecule has 7 heteroatoms. The first kappa shape index (κ1) is 12.3. The van der Waals surface area contributed by atoms with E-state index in [0.29, 0.717) is 0 Å². The van der Waals surface area contributed by atoms with Crippen molar-refractivity contribution in [3.8, 4) is 5.75 Å². The van der Waals surface area contributed by atoms with Crippen molar-refractivity contribution in [1.82, 2.24) is 0 Å². The molecule has 1 rings (SSSR count). The van der Waals surface area contributed by atoms with Crippen LogP contribution in [-0.2, 0) is 10.0 Å². The smallest absolute Gasteiger partial charge is 0.335 e. The summed E-state index contributed by atoms with van der Waals surface area (Å²) in [5.41, 5.74) is -0.242. The van der Waals surface area contributed by atoms with E-state index in [1.165, 1.54) is 13.0 Å². The Labute approximate surface area is 92.6 Å². The monoisotopic (exact) mass is 245 g/mol. The van der Waals surface area contributed by atoms with Gasteiger partial charge in [-0.05, 0) is 25.1 Å². The van der Waals surface area contributed by atoms with Gasteiger partial charge in [0.15, 0.2) is 0 Å². The van der Waals surface area contributed by atoms with E-state index in [1.54, 1.807) is 0 Å². The lowest BCUT2D eigenvalue weighted by Gasteiger charge is -2.08. The van der Waals surface area contributed by atoms with Gasteiger partial charge in [-0.2, -0.15) is 0 Å². The molecule has 0 aliphatic rings. The van der Waals surface area contributed by atoms with Gasteiger partial charge >= 0.3 is 5.97 Å². The molecule has 16 heavy (non-hydrogen) atoms. The van der Waals surface area contributed by atoms with E-state index in [1.807, 2.05) is 0 Å². The topological polar surface area (TPSA) is 104 Å². The highest BCUT2D eigenvalue weighted by Crippen LogP contribution is 2.25. The van der Waals surface area contributed by atoms with Gasteiger partial charge in [0.05, 0.1) is 17.0 Å². The zero-order valence-corrected chi connectivity index (χ0v) is 9.28. The summed E-state index contributed by atoms with van der Waals surface area (Å²) >= 11 is 0. The number of carbonyl (C=O) groups is 1. The summed E-state index contributed by atoms with van der Waals surface area (Å²) in [5.74, 6) is -1.68. The highest BCUT2D eigenvalue weighted by atomic mass is 32.2. The van der Waals surface area contributed by atoms with Crippen LogP contribution in [0.2, 0.25) is 0 Å². The lowest BCUT2D eigenvalue weighted by atomic mass is 10.2. The van der Waals surface area contributed by atoms with Crippen LogP contribution in [0.1, 0.15) is 17.3 Å². The van der Waals surface area contributed by atoms with Crippen LogP contribution in [0.4, 0.5) is 5.69 Å². The number of phenols is 1. The van der Waals surface area contributed by atoms with Crippen molar-refractivity contribution in [2.24, 2.45) is 0 Å². The van der Waals surface area contributed by atoms with Crippen LogP contribution >= 0.6 is 0 Å². The standard InChI is InChI=1S/C9H11NO5S/c1-2-16(14,15)10-7-5-6(9(12)13)3-4-8(7)11/h3-5,10-11H,2H2,1H3,(H,12,13). The number of rotatable bonds is 4. The van der Waals surface area contributed by atoms with Crippen molar-refractivity contribution in [3.63, 3.8) is 0 Å². The van der Waals surface area contributed by atoms with Crippen molar-refractivity contribution in [1.29, 1.82) is 0 Å². The average Bonchev–Trinajstić information content (AvgIpc) is 2.21. The minimum Gasteiger partial charge on any atom is -0.506 e. The Kier molecular flexibility index (Phi) is 3.38. The number of anilines is 1. The van der Waals surface area contributed by atoms with Crippen molar-refractivity contribution in [2.45, 2.75) is 6.92 Å². The number of nitrogens with one attached hydrogen (secondary N) is 1. The molecule has 0 unspecified atom stereocenters. The molecule has 0 heterocycles. The molecule has 0 aromatic heterocycles. The zero-order valence-electron chi connectivity index (χ0n) is 8.47. The number of phenolic OH excluding ortho intramolecular Hbond substituents is 1. The third kappa shape index (κ3) is 2.86. The average molecular weight is 245 g/mol. The fraction of sp³-hybridized carbons (Fsp3) is 0.222. The molecule has 0 amide bonds. The van der Waals surface area contributed by atoms with Gasteiger partial charge in [-0.3, -0.25) is 4.72 Å². The maximum absolute atomic E-state index is 11.2. The molecule has 88 valence electrons. The van der Waals surface area contributed by atoms with Gasteiger partial charge in [-0.15, -0.1) is 0 Å². The van der Waals surface area contributed by atoms with Gasteiger partial charge < -0.3 is 10.2 Å². The predicted octanol–water partition coefficient (Wildman–Crippen LogP) is 0.852. The SMILES string of the molecule is CCS(=O)(=O)Nc1cc(C(=O)O)ccc1O. The molecule has 0 fully saturated rings. The van der Waals surface area contributed by atoms with Gasteiger partial charge in [0.25, 0.3) is 0 Å². The van der Waals surface area contributed by atoms with Crippen molar-refractivity contribution in [2.75, 3.05) is 10.5 Å². The molecule has 1 aromatic rings. The Morgan fingerprint density at radius 1 is 1.44 bits per heavy atom. The van der Waals surface area contributed by atoms with Gasteiger partial charge in [-0.1, -0.05) is 0 Å². The first-order valence-electron chi connectivity index (χ1n) is 4.42. The van der Waals surface area contributed by atoms with E-state index in [9.17, 15) is 18.3 Å². The van der Waals surface area contributed by atoms with Gasteiger partial charge in [0.1, 0.15) is 5.75 Å². The van der Waals surface area contributed by atoms with Crippen LogP contribution in [0.3, 0.4) is 0 Å². The molecule has 1 aromatic carbocycles. The summed E-state index contributed by atoms with van der Waals surface area (Å²) in [6.07, 6.45) is 0. The highest BCUT2D eigenvalue weighted by Gasteiger charge is 2.12. The number of aromatic hydroxyl groups is 1. The summed E-state index contributed by atoms with van der Waals surface area (Å²) in [6, 6.07) is 3.36. The van der Waals surface area contributed by atoms with Crippen molar-refractivity contribution >= 4 is 21.7 Å². The number of aromatic carboxylic acids is 1. The molecule has 0 radical (unpaired) electrons. The minimum atomic E-state index is -3.54. The third-order valence-corrected chi connectivity index (χ3v) is 3.18. The van der Waals surface area contributed by atoms with Crippen LogP contribution in [0.5, 0.6) is 5.75 Å². The van der Waals surface area contributed by atoms with Crippen LogP contribution in [-0.4, -0.2) is 30.4 Å². The van der Waals surface area contributed by atoms with Crippen LogP contribution in [0, 0.1) is 0 Å². The third-order valence-electron chi connectivity index (χ3n) is 1.89. The summed E-state index contributed by atoms with van der Waals surface area (Å²) in [6.45, 7) is 1.43. The van der Waals surface area contributed by atoms with Crippen LogP contribution < -0.4 is 4.72 Å².